The van der Waals surface area contributed by atoms with E-state index in [4.69, 9.17) is 26.8 Å². The molecule has 1 aromatic heterocycles. The number of aromatic hydroxyl groups is 1. The summed E-state index contributed by atoms with van der Waals surface area (Å²) >= 11 is 0. The third-order valence-electron chi connectivity index (χ3n) is 4.14. The molecule has 0 amide bonds. The number of benzene rings is 2. The Hall–Kier alpha value is -3.36. The number of para-hydroxylation sites is 1. The molecule has 3 aromatic rings. The van der Waals surface area contributed by atoms with E-state index < -0.39 is 24.0 Å². The fourth-order valence-electron chi connectivity index (χ4n) is 2.60. The predicted molar refractivity (Wildman–Crippen MR) is 105 cm³/mol. The molecule has 2 aromatic carbocycles. The van der Waals surface area contributed by atoms with Gasteiger partial charge >= 0.3 is 11.9 Å². The average molecular weight is 385 g/mol. The number of H-pyrrole nitrogens is 1. The lowest BCUT2D eigenvalue weighted by Gasteiger charge is -2.05. The smallest absolute Gasteiger partial charge is 0.320 e. The quantitative estimate of drug-likeness (QED) is 0.374. The van der Waals surface area contributed by atoms with E-state index in [2.05, 4.69) is 4.98 Å². The molecule has 0 saturated heterocycles. The number of phenolic OH excluding ortho intramolecular Hbond substituents is 1. The summed E-state index contributed by atoms with van der Waals surface area (Å²) in [6.07, 6.45) is 2.43. The van der Waals surface area contributed by atoms with Gasteiger partial charge in [0.05, 0.1) is 0 Å². The average Bonchev–Trinajstić information content (AvgIpc) is 3.07. The highest BCUT2D eigenvalue weighted by Crippen LogP contribution is 2.18. The molecule has 3 rings (SSSR count). The number of carboxylic acids is 2. The normalized spacial score (nSPS) is 12.6. The van der Waals surface area contributed by atoms with E-state index in [9.17, 15) is 9.59 Å². The predicted octanol–water partition coefficient (Wildman–Crippen LogP) is 1.47. The van der Waals surface area contributed by atoms with Gasteiger partial charge in [-0.1, -0.05) is 30.3 Å². The molecule has 2 unspecified atom stereocenters. The molecule has 0 spiro atoms. The number of hydrogen-bond donors (Lipinski definition) is 6. The van der Waals surface area contributed by atoms with Gasteiger partial charge in [0, 0.05) is 23.5 Å². The van der Waals surface area contributed by atoms with Crippen molar-refractivity contribution in [2.24, 2.45) is 11.5 Å². The number of phenols is 1. The number of fused-ring (bicyclic) bond motifs is 1. The highest BCUT2D eigenvalue weighted by Gasteiger charge is 2.14. The fraction of sp³-hybridized carbons (Fsp3) is 0.200. The summed E-state index contributed by atoms with van der Waals surface area (Å²) in [7, 11) is 0. The summed E-state index contributed by atoms with van der Waals surface area (Å²) in [6, 6.07) is 12.3. The van der Waals surface area contributed by atoms with Crippen LogP contribution in [0.25, 0.3) is 10.9 Å². The van der Waals surface area contributed by atoms with Gasteiger partial charge in [0.25, 0.3) is 0 Å². The number of nitrogens with one attached hydrogen (secondary N) is 1. The summed E-state index contributed by atoms with van der Waals surface area (Å²) in [5, 5.41) is 27.2. The van der Waals surface area contributed by atoms with E-state index in [-0.39, 0.29) is 12.2 Å². The second kappa shape index (κ2) is 9.54. The van der Waals surface area contributed by atoms with E-state index >= 15 is 0 Å². The molecule has 0 fully saturated rings. The molecule has 0 aliphatic rings. The minimum atomic E-state index is -1.02. The van der Waals surface area contributed by atoms with E-state index in [1.165, 1.54) is 12.1 Å². The molecule has 8 nitrogen and oxygen atoms in total. The summed E-state index contributed by atoms with van der Waals surface area (Å²) in [6.45, 7) is 0. The zero-order valence-electron chi connectivity index (χ0n) is 15.1. The van der Waals surface area contributed by atoms with Gasteiger partial charge in [-0.2, -0.15) is 0 Å². The van der Waals surface area contributed by atoms with Crippen molar-refractivity contribution in [3.8, 4) is 5.75 Å². The maximum absolute atomic E-state index is 10.6. The van der Waals surface area contributed by atoms with Crippen LogP contribution in [0.15, 0.2) is 54.7 Å². The Kier molecular flexibility index (Phi) is 7.14. The lowest BCUT2D eigenvalue weighted by atomic mass is 10.1. The van der Waals surface area contributed by atoms with Crippen LogP contribution in [-0.4, -0.2) is 44.3 Å². The highest BCUT2D eigenvalue weighted by molar-refractivity contribution is 5.84. The molecule has 2 atom stereocenters. The molecular weight excluding hydrogens is 362 g/mol. The van der Waals surface area contributed by atoms with Crippen molar-refractivity contribution in [2.75, 3.05) is 0 Å². The van der Waals surface area contributed by atoms with Crippen LogP contribution in [0.3, 0.4) is 0 Å². The number of rotatable bonds is 6. The van der Waals surface area contributed by atoms with Crippen molar-refractivity contribution in [1.82, 2.24) is 4.98 Å². The molecule has 0 aliphatic carbocycles. The van der Waals surface area contributed by atoms with Crippen LogP contribution < -0.4 is 11.5 Å². The summed E-state index contributed by atoms with van der Waals surface area (Å²) in [5.41, 5.74) is 13.6. The molecule has 0 radical (unpaired) electrons. The van der Waals surface area contributed by atoms with Crippen molar-refractivity contribution in [2.45, 2.75) is 24.9 Å². The van der Waals surface area contributed by atoms with Gasteiger partial charge in [0.2, 0.25) is 0 Å². The van der Waals surface area contributed by atoms with Crippen LogP contribution in [0, 0.1) is 0 Å². The fourth-order valence-corrected chi connectivity index (χ4v) is 2.60. The number of nitrogens with two attached hydrogens (primary N) is 2. The summed E-state index contributed by atoms with van der Waals surface area (Å²) in [4.78, 5) is 24.1. The largest absolute Gasteiger partial charge is 0.508 e. The summed E-state index contributed by atoms with van der Waals surface area (Å²) in [5.74, 6) is -1.83. The molecule has 148 valence electrons. The minimum Gasteiger partial charge on any atom is -0.508 e. The molecule has 0 aliphatic heterocycles. The van der Waals surface area contributed by atoms with Gasteiger partial charge in [-0.3, -0.25) is 9.59 Å². The van der Waals surface area contributed by atoms with Gasteiger partial charge in [0.15, 0.2) is 0 Å². The first-order valence-corrected chi connectivity index (χ1v) is 8.57. The second-order valence-corrected chi connectivity index (χ2v) is 6.32. The van der Waals surface area contributed by atoms with Crippen molar-refractivity contribution in [3.05, 3.63) is 65.9 Å². The first-order chi connectivity index (χ1) is 13.3. The van der Waals surface area contributed by atoms with E-state index in [0.29, 0.717) is 6.42 Å². The second-order valence-electron chi connectivity index (χ2n) is 6.32. The van der Waals surface area contributed by atoms with E-state index in [1.807, 2.05) is 30.5 Å². The monoisotopic (exact) mass is 385 g/mol. The summed E-state index contributed by atoms with van der Waals surface area (Å²) < 4.78 is 0. The van der Waals surface area contributed by atoms with Crippen molar-refractivity contribution >= 4 is 22.8 Å². The Labute approximate surface area is 161 Å². The SMILES string of the molecule is NC(Cc1c[nH]c2ccccc12)C(=O)O.NC(Cc1ccc(O)cc1)C(=O)O. The Balaban J connectivity index is 0.000000203. The number of aromatic amines is 1. The maximum atomic E-state index is 10.6. The number of carboxylic acid groups (broad SMARTS) is 2. The Morgan fingerprint density at radius 3 is 2.07 bits per heavy atom. The number of carbonyl (C=O) groups is 2. The Morgan fingerprint density at radius 1 is 0.893 bits per heavy atom. The zero-order valence-corrected chi connectivity index (χ0v) is 15.1. The third-order valence-corrected chi connectivity index (χ3v) is 4.14. The molecular formula is C20H23N3O5. The number of aliphatic carboxylic acids is 2. The third kappa shape index (κ3) is 5.83. The zero-order chi connectivity index (χ0) is 20.7. The van der Waals surface area contributed by atoms with Crippen LogP contribution in [0.1, 0.15) is 11.1 Å². The molecule has 0 saturated carbocycles. The topological polar surface area (TPSA) is 163 Å². The van der Waals surface area contributed by atoms with Crippen LogP contribution in [0.2, 0.25) is 0 Å². The highest BCUT2D eigenvalue weighted by atomic mass is 16.4. The molecule has 0 bridgehead atoms. The van der Waals surface area contributed by atoms with Gasteiger partial charge < -0.3 is 31.8 Å². The van der Waals surface area contributed by atoms with Crippen LogP contribution in [-0.2, 0) is 22.4 Å². The Morgan fingerprint density at radius 2 is 1.46 bits per heavy atom. The van der Waals surface area contributed by atoms with E-state index in [0.717, 1.165) is 22.0 Å². The minimum absolute atomic E-state index is 0.160. The molecule has 8 heteroatoms. The lowest BCUT2D eigenvalue weighted by Crippen LogP contribution is -2.32. The van der Waals surface area contributed by atoms with Crippen molar-refractivity contribution in [1.29, 1.82) is 0 Å². The van der Waals surface area contributed by atoms with Crippen molar-refractivity contribution in [3.63, 3.8) is 0 Å². The van der Waals surface area contributed by atoms with E-state index in [1.54, 1.807) is 12.1 Å². The molecule has 8 N–H and O–H groups in total. The standard InChI is InChI=1S/C11H12N2O2.C9H11NO3/c12-9(11(14)15)5-7-6-13-10-4-2-1-3-8(7)10;10-8(9(12)13)5-6-1-3-7(11)4-2-6/h1-4,6,9,13H,5,12H2,(H,14,15);1-4,8,11H,5,10H2,(H,12,13). The number of aromatic nitrogens is 1. The lowest BCUT2D eigenvalue weighted by molar-refractivity contribution is -0.139. The first-order valence-electron chi connectivity index (χ1n) is 8.57. The van der Waals surface area contributed by atoms with Crippen LogP contribution >= 0.6 is 0 Å². The molecule has 28 heavy (non-hydrogen) atoms. The van der Waals surface area contributed by atoms with Gasteiger partial charge in [0.1, 0.15) is 17.8 Å². The maximum Gasteiger partial charge on any atom is 0.320 e. The van der Waals surface area contributed by atoms with Gasteiger partial charge in [-0.05, 0) is 35.7 Å². The van der Waals surface area contributed by atoms with Crippen LogP contribution in [0.5, 0.6) is 5.75 Å². The first kappa shape index (κ1) is 20.9. The van der Waals surface area contributed by atoms with Gasteiger partial charge in [-0.15, -0.1) is 0 Å². The van der Waals surface area contributed by atoms with Crippen LogP contribution in [0.4, 0.5) is 0 Å². The van der Waals surface area contributed by atoms with Crippen molar-refractivity contribution < 1.29 is 24.9 Å². The molecule has 1 heterocycles. The number of hydrogen-bond acceptors (Lipinski definition) is 5. The van der Waals surface area contributed by atoms with Gasteiger partial charge in [-0.25, -0.2) is 0 Å². The Bertz CT molecular complexity index is 936.